The maximum Gasteiger partial charge on any atom is 0.346 e. The number of thiophene rings is 1. The van der Waals surface area contributed by atoms with Gasteiger partial charge in [0.25, 0.3) is 0 Å². The Labute approximate surface area is 99.2 Å². The molecule has 1 rings (SSSR count). The minimum Gasteiger partial charge on any atom is -0.477 e. The monoisotopic (exact) mass is 243 g/mol. The van der Waals surface area contributed by atoms with Crippen LogP contribution in [0.15, 0.2) is 11.4 Å². The Morgan fingerprint density at radius 1 is 1.69 bits per heavy atom. The lowest BCUT2D eigenvalue weighted by atomic mass is 10.2. The Balaban J connectivity index is 2.37. The largest absolute Gasteiger partial charge is 0.477 e. The Hall–Kier alpha value is -0.910. The summed E-state index contributed by atoms with van der Waals surface area (Å²) in [7, 11) is 0. The topological polar surface area (TPSA) is 58.6 Å². The summed E-state index contributed by atoms with van der Waals surface area (Å²) in [6.45, 7) is 5.94. The predicted octanol–water partition coefficient (Wildman–Crippen LogP) is 1.96. The van der Waals surface area contributed by atoms with Crippen LogP contribution in [0.5, 0.6) is 0 Å². The Bertz CT molecular complexity index is 338. The van der Waals surface area contributed by atoms with Crippen LogP contribution in [-0.2, 0) is 11.3 Å². The van der Waals surface area contributed by atoms with Crippen molar-refractivity contribution in [3.05, 3.63) is 21.9 Å². The predicted molar refractivity (Wildman–Crippen MR) is 64.1 cm³/mol. The molecule has 0 amide bonds. The first-order chi connectivity index (χ1) is 7.65. The van der Waals surface area contributed by atoms with Crippen molar-refractivity contribution in [3.8, 4) is 0 Å². The molecule has 16 heavy (non-hydrogen) atoms. The summed E-state index contributed by atoms with van der Waals surface area (Å²) in [5.74, 6) is -0.857. The van der Waals surface area contributed by atoms with E-state index in [9.17, 15) is 4.79 Å². The molecule has 0 saturated carbocycles. The van der Waals surface area contributed by atoms with Crippen molar-refractivity contribution in [1.82, 2.24) is 5.32 Å². The third-order valence-corrected chi connectivity index (χ3v) is 3.08. The fourth-order valence-electron chi connectivity index (χ4n) is 1.42. The van der Waals surface area contributed by atoms with Gasteiger partial charge >= 0.3 is 5.97 Å². The van der Waals surface area contributed by atoms with Gasteiger partial charge in [-0.3, -0.25) is 0 Å². The molecule has 0 spiro atoms. The van der Waals surface area contributed by atoms with Crippen LogP contribution >= 0.6 is 11.3 Å². The average molecular weight is 243 g/mol. The lowest BCUT2D eigenvalue weighted by molar-refractivity contribution is 0.0700. The van der Waals surface area contributed by atoms with Gasteiger partial charge in [0, 0.05) is 19.7 Å². The highest BCUT2D eigenvalue weighted by atomic mass is 32.1. The summed E-state index contributed by atoms with van der Waals surface area (Å²) in [5, 5.41) is 13.9. The molecule has 5 heteroatoms. The normalized spacial score (nSPS) is 12.6. The molecular weight excluding hydrogens is 226 g/mol. The van der Waals surface area contributed by atoms with E-state index >= 15 is 0 Å². The number of hydrogen-bond acceptors (Lipinski definition) is 4. The van der Waals surface area contributed by atoms with Crippen molar-refractivity contribution in [2.45, 2.75) is 26.5 Å². The molecule has 0 fully saturated rings. The summed E-state index contributed by atoms with van der Waals surface area (Å²) in [4.78, 5) is 11.3. The molecule has 0 aliphatic rings. The summed E-state index contributed by atoms with van der Waals surface area (Å²) in [6, 6.07) is 1.84. The molecule has 0 aliphatic heterocycles. The number of carboxylic acid groups (broad SMARTS) is 1. The molecule has 0 aliphatic carbocycles. The van der Waals surface area contributed by atoms with E-state index in [1.54, 1.807) is 5.38 Å². The lowest BCUT2D eigenvalue weighted by Crippen LogP contribution is -2.26. The number of ether oxygens (including phenoxy) is 1. The minimum atomic E-state index is -0.857. The number of rotatable bonds is 7. The van der Waals surface area contributed by atoms with Crippen LogP contribution in [0.2, 0.25) is 0 Å². The second kappa shape index (κ2) is 6.62. The SMILES string of the molecule is CCOC(C)CNCc1ccsc1C(=O)O. The highest BCUT2D eigenvalue weighted by Gasteiger charge is 2.11. The van der Waals surface area contributed by atoms with Crippen molar-refractivity contribution in [2.24, 2.45) is 0 Å². The van der Waals surface area contributed by atoms with Gasteiger partial charge in [-0.25, -0.2) is 4.79 Å². The zero-order valence-corrected chi connectivity index (χ0v) is 10.3. The van der Waals surface area contributed by atoms with Gasteiger partial charge in [0.05, 0.1) is 6.10 Å². The van der Waals surface area contributed by atoms with Gasteiger partial charge in [-0.1, -0.05) is 0 Å². The minimum absolute atomic E-state index is 0.150. The van der Waals surface area contributed by atoms with Crippen LogP contribution in [0.4, 0.5) is 0 Å². The highest BCUT2D eigenvalue weighted by Crippen LogP contribution is 2.16. The molecule has 0 aromatic carbocycles. The number of hydrogen-bond donors (Lipinski definition) is 2. The van der Waals surface area contributed by atoms with Gasteiger partial charge < -0.3 is 15.2 Å². The molecule has 0 saturated heterocycles. The molecule has 1 atom stereocenters. The molecule has 4 nitrogen and oxygen atoms in total. The van der Waals surface area contributed by atoms with Crippen molar-refractivity contribution < 1.29 is 14.6 Å². The number of carboxylic acids is 1. The first kappa shape index (κ1) is 13.2. The van der Waals surface area contributed by atoms with E-state index in [-0.39, 0.29) is 6.10 Å². The van der Waals surface area contributed by atoms with Gasteiger partial charge in [0.2, 0.25) is 0 Å². The lowest BCUT2D eigenvalue weighted by Gasteiger charge is -2.12. The van der Waals surface area contributed by atoms with E-state index in [1.807, 2.05) is 19.9 Å². The zero-order valence-electron chi connectivity index (χ0n) is 9.53. The molecule has 1 unspecified atom stereocenters. The fourth-order valence-corrected chi connectivity index (χ4v) is 2.18. The van der Waals surface area contributed by atoms with Crippen molar-refractivity contribution in [1.29, 1.82) is 0 Å². The summed E-state index contributed by atoms with van der Waals surface area (Å²) in [6.07, 6.45) is 0.150. The Morgan fingerprint density at radius 2 is 2.44 bits per heavy atom. The molecule has 2 N–H and O–H groups in total. The Morgan fingerprint density at radius 3 is 3.06 bits per heavy atom. The summed E-state index contributed by atoms with van der Waals surface area (Å²) < 4.78 is 5.36. The molecular formula is C11H17NO3S. The van der Waals surface area contributed by atoms with Crippen molar-refractivity contribution in [3.63, 3.8) is 0 Å². The average Bonchev–Trinajstić information content (AvgIpc) is 2.66. The van der Waals surface area contributed by atoms with E-state index in [1.165, 1.54) is 11.3 Å². The number of aromatic carboxylic acids is 1. The van der Waals surface area contributed by atoms with Gasteiger partial charge in [-0.15, -0.1) is 11.3 Å². The van der Waals surface area contributed by atoms with E-state index in [0.29, 0.717) is 18.0 Å². The molecule has 90 valence electrons. The molecule has 0 radical (unpaired) electrons. The molecule has 1 heterocycles. The number of nitrogens with one attached hydrogen (secondary N) is 1. The van der Waals surface area contributed by atoms with E-state index < -0.39 is 5.97 Å². The van der Waals surface area contributed by atoms with Crippen molar-refractivity contribution >= 4 is 17.3 Å². The third-order valence-electron chi connectivity index (χ3n) is 2.14. The smallest absolute Gasteiger partial charge is 0.346 e. The van der Waals surface area contributed by atoms with Gasteiger partial charge in [-0.05, 0) is 30.9 Å². The standard InChI is InChI=1S/C11H17NO3S/c1-3-15-8(2)6-12-7-9-4-5-16-10(9)11(13)14/h4-5,8,12H,3,6-7H2,1-2H3,(H,13,14). The third kappa shape index (κ3) is 3.92. The van der Waals surface area contributed by atoms with Gasteiger partial charge in [0.1, 0.15) is 4.88 Å². The second-order valence-electron chi connectivity index (χ2n) is 3.48. The molecule has 0 bridgehead atoms. The zero-order chi connectivity index (χ0) is 12.0. The van der Waals surface area contributed by atoms with Crippen LogP contribution in [0.1, 0.15) is 29.1 Å². The summed E-state index contributed by atoms with van der Waals surface area (Å²) >= 11 is 1.26. The van der Waals surface area contributed by atoms with Crippen LogP contribution in [0.25, 0.3) is 0 Å². The molecule has 1 aromatic rings. The summed E-state index contributed by atoms with van der Waals surface area (Å²) in [5.41, 5.74) is 0.834. The quantitative estimate of drug-likeness (QED) is 0.768. The van der Waals surface area contributed by atoms with Crippen molar-refractivity contribution in [2.75, 3.05) is 13.2 Å². The highest BCUT2D eigenvalue weighted by molar-refractivity contribution is 7.12. The first-order valence-electron chi connectivity index (χ1n) is 5.27. The van der Waals surface area contributed by atoms with E-state index in [0.717, 1.165) is 12.1 Å². The number of carbonyl (C=O) groups is 1. The van der Waals surface area contributed by atoms with Crippen LogP contribution in [0.3, 0.4) is 0 Å². The van der Waals surface area contributed by atoms with Crippen LogP contribution < -0.4 is 5.32 Å². The van der Waals surface area contributed by atoms with E-state index in [4.69, 9.17) is 9.84 Å². The molecule has 1 aromatic heterocycles. The maximum atomic E-state index is 10.8. The van der Waals surface area contributed by atoms with Crippen LogP contribution in [0, 0.1) is 0 Å². The van der Waals surface area contributed by atoms with Crippen LogP contribution in [-0.4, -0.2) is 30.3 Å². The van der Waals surface area contributed by atoms with E-state index in [2.05, 4.69) is 5.32 Å². The second-order valence-corrected chi connectivity index (χ2v) is 4.39. The maximum absolute atomic E-state index is 10.8. The first-order valence-corrected chi connectivity index (χ1v) is 6.15. The fraction of sp³-hybridized carbons (Fsp3) is 0.545. The van der Waals surface area contributed by atoms with Gasteiger partial charge in [-0.2, -0.15) is 0 Å². The van der Waals surface area contributed by atoms with Gasteiger partial charge in [0.15, 0.2) is 0 Å². The Kier molecular flexibility index (Phi) is 5.45.